The monoisotopic (exact) mass is 175 g/mol. The summed E-state index contributed by atoms with van der Waals surface area (Å²) in [6.07, 6.45) is 3.30. The van der Waals surface area contributed by atoms with E-state index in [9.17, 15) is 0 Å². The molecule has 0 atom stereocenters. The Bertz CT molecular complexity index is 248. The lowest BCUT2D eigenvalue weighted by molar-refractivity contribution is 0.642. The Morgan fingerprint density at radius 3 is 2.31 bits per heavy atom. The van der Waals surface area contributed by atoms with Gasteiger partial charge in [0.1, 0.15) is 0 Å². The van der Waals surface area contributed by atoms with E-state index >= 15 is 0 Å². The number of aryl methyl sites for hydroxylation is 1. The molecule has 0 heteroatoms. The molecule has 0 N–H and O–H groups in total. The molecule has 0 nitrogen and oxygen atoms in total. The lowest BCUT2D eigenvalue weighted by Gasteiger charge is -2.10. The fraction of sp³-hybridized carbons (Fsp3) is 0.462. The minimum atomic E-state index is 0.742. The number of hydrogen-bond acceptors (Lipinski definition) is 0. The van der Waals surface area contributed by atoms with Crippen LogP contribution < -0.4 is 0 Å². The van der Waals surface area contributed by atoms with Crippen molar-refractivity contribution in [1.29, 1.82) is 0 Å². The molecule has 0 heterocycles. The first kappa shape index (κ1) is 10.3. The van der Waals surface area contributed by atoms with Crippen LogP contribution >= 0.6 is 0 Å². The molecule has 0 bridgehead atoms. The smallest absolute Gasteiger partial charge is 0.0253 e. The summed E-state index contributed by atoms with van der Waals surface area (Å²) in [5.74, 6) is 0.742. The van der Waals surface area contributed by atoms with E-state index < -0.39 is 0 Å². The molecule has 0 aromatic heterocycles. The maximum atomic E-state index is 3.90. The normalized spacial score (nSPS) is 10.8. The van der Waals surface area contributed by atoms with Crippen LogP contribution in [0.15, 0.2) is 24.3 Å². The standard InChI is InChI=1S/C13H19/c1-4-7-12-8-5-6-9-13(12)10-11(2)3/h5-6,8-9,11H,1,4,7,10H2,2-3H3. The third-order valence-electron chi connectivity index (χ3n) is 2.19. The fourth-order valence-corrected chi connectivity index (χ4v) is 1.63. The SMILES string of the molecule is [CH2]CCc1ccccc1CC(C)C. The molecule has 0 saturated carbocycles. The van der Waals surface area contributed by atoms with Gasteiger partial charge in [-0.15, -0.1) is 0 Å². The van der Waals surface area contributed by atoms with E-state index in [0.717, 1.165) is 18.8 Å². The minimum absolute atomic E-state index is 0.742. The second kappa shape index (κ2) is 5.06. The molecule has 0 amide bonds. The largest absolute Gasteiger partial charge is 0.0625 e. The summed E-state index contributed by atoms with van der Waals surface area (Å²) in [5.41, 5.74) is 2.98. The van der Waals surface area contributed by atoms with Crippen LogP contribution in [0.1, 0.15) is 31.4 Å². The maximum absolute atomic E-state index is 3.90. The molecule has 0 spiro atoms. The molecule has 0 aliphatic heterocycles. The molecule has 71 valence electrons. The molecule has 0 aliphatic carbocycles. The second-order valence-corrected chi connectivity index (χ2v) is 3.97. The Morgan fingerprint density at radius 2 is 1.77 bits per heavy atom. The van der Waals surface area contributed by atoms with Gasteiger partial charge in [0.2, 0.25) is 0 Å². The molecule has 1 radical (unpaired) electrons. The van der Waals surface area contributed by atoms with E-state index in [2.05, 4.69) is 45.0 Å². The maximum Gasteiger partial charge on any atom is -0.0253 e. The average Bonchev–Trinajstić information content (AvgIpc) is 2.08. The van der Waals surface area contributed by atoms with Gasteiger partial charge in [0.25, 0.3) is 0 Å². The first-order chi connectivity index (χ1) is 6.24. The highest BCUT2D eigenvalue weighted by molar-refractivity contribution is 5.27. The van der Waals surface area contributed by atoms with Crippen LogP contribution in [0.25, 0.3) is 0 Å². The molecule has 0 fully saturated rings. The zero-order chi connectivity index (χ0) is 9.68. The van der Waals surface area contributed by atoms with Gasteiger partial charge < -0.3 is 0 Å². The highest BCUT2D eigenvalue weighted by Gasteiger charge is 2.02. The first-order valence-electron chi connectivity index (χ1n) is 5.10. The van der Waals surface area contributed by atoms with Crippen molar-refractivity contribution in [1.82, 2.24) is 0 Å². The number of benzene rings is 1. The Kier molecular flexibility index (Phi) is 4.01. The average molecular weight is 175 g/mol. The van der Waals surface area contributed by atoms with Gasteiger partial charge in [0.05, 0.1) is 0 Å². The lowest BCUT2D eigenvalue weighted by Crippen LogP contribution is -1.98. The van der Waals surface area contributed by atoms with Crippen LogP contribution in [0.4, 0.5) is 0 Å². The first-order valence-corrected chi connectivity index (χ1v) is 5.10. The molecular formula is C13H19. The predicted molar refractivity (Wildman–Crippen MR) is 58.7 cm³/mol. The van der Waals surface area contributed by atoms with Crippen molar-refractivity contribution in [2.24, 2.45) is 5.92 Å². The third kappa shape index (κ3) is 3.22. The van der Waals surface area contributed by atoms with Crippen molar-refractivity contribution in [2.45, 2.75) is 33.1 Å². The van der Waals surface area contributed by atoms with Crippen LogP contribution in [0.3, 0.4) is 0 Å². The van der Waals surface area contributed by atoms with Crippen molar-refractivity contribution in [3.63, 3.8) is 0 Å². The van der Waals surface area contributed by atoms with Gasteiger partial charge in [0, 0.05) is 0 Å². The van der Waals surface area contributed by atoms with Crippen LogP contribution in [0.5, 0.6) is 0 Å². The van der Waals surface area contributed by atoms with Crippen molar-refractivity contribution >= 4 is 0 Å². The quantitative estimate of drug-likeness (QED) is 0.655. The van der Waals surface area contributed by atoms with Crippen LogP contribution in [0, 0.1) is 12.8 Å². The Labute approximate surface area is 82.0 Å². The van der Waals surface area contributed by atoms with Crippen LogP contribution in [-0.2, 0) is 12.8 Å². The summed E-state index contributed by atoms with van der Waals surface area (Å²) in [6, 6.07) is 8.72. The lowest BCUT2D eigenvalue weighted by atomic mass is 9.96. The van der Waals surface area contributed by atoms with Gasteiger partial charge in [-0.2, -0.15) is 0 Å². The molecule has 0 aliphatic rings. The zero-order valence-electron chi connectivity index (χ0n) is 8.72. The number of hydrogen-bond donors (Lipinski definition) is 0. The van der Waals surface area contributed by atoms with Gasteiger partial charge in [-0.05, 0) is 36.3 Å². The molecular weight excluding hydrogens is 156 g/mol. The van der Waals surface area contributed by atoms with Gasteiger partial charge >= 0.3 is 0 Å². The zero-order valence-corrected chi connectivity index (χ0v) is 8.72. The van der Waals surface area contributed by atoms with E-state index in [4.69, 9.17) is 0 Å². The summed E-state index contributed by atoms with van der Waals surface area (Å²) < 4.78 is 0. The Hall–Kier alpha value is -0.780. The highest BCUT2D eigenvalue weighted by atomic mass is 14.1. The van der Waals surface area contributed by atoms with Crippen LogP contribution in [-0.4, -0.2) is 0 Å². The predicted octanol–water partition coefficient (Wildman–Crippen LogP) is 3.65. The van der Waals surface area contributed by atoms with Gasteiger partial charge in [-0.3, -0.25) is 0 Å². The van der Waals surface area contributed by atoms with Gasteiger partial charge in [-0.25, -0.2) is 0 Å². The second-order valence-electron chi connectivity index (χ2n) is 3.97. The van der Waals surface area contributed by atoms with Gasteiger partial charge in [-0.1, -0.05) is 45.0 Å². The van der Waals surface area contributed by atoms with Crippen molar-refractivity contribution in [2.75, 3.05) is 0 Å². The minimum Gasteiger partial charge on any atom is -0.0625 e. The topological polar surface area (TPSA) is 0 Å². The summed E-state index contributed by atoms with van der Waals surface area (Å²) in [4.78, 5) is 0. The Balaban J connectivity index is 2.78. The Morgan fingerprint density at radius 1 is 1.15 bits per heavy atom. The van der Waals surface area contributed by atoms with Gasteiger partial charge in [0.15, 0.2) is 0 Å². The summed E-state index contributed by atoms with van der Waals surface area (Å²) in [6.45, 7) is 8.43. The molecule has 1 aromatic carbocycles. The van der Waals surface area contributed by atoms with Crippen molar-refractivity contribution < 1.29 is 0 Å². The molecule has 0 saturated heterocycles. The van der Waals surface area contributed by atoms with Crippen LogP contribution in [0.2, 0.25) is 0 Å². The third-order valence-corrected chi connectivity index (χ3v) is 2.19. The fourth-order valence-electron chi connectivity index (χ4n) is 1.63. The van der Waals surface area contributed by atoms with E-state index in [1.807, 2.05) is 0 Å². The molecule has 13 heavy (non-hydrogen) atoms. The van der Waals surface area contributed by atoms with E-state index in [1.54, 1.807) is 0 Å². The highest BCUT2D eigenvalue weighted by Crippen LogP contribution is 2.15. The summed E-state index contributed by atoms with van der Waals surface area (Å²) in [5, 5.41) is 0. The molecule has 1 aromatic rings. The molecule has 0 unspecified atom stereocenters. The van der Waals surface area contributed by atoms with E-state index in [1.165, 1.54) is 17.5 Å². The van der Waals surface area contributed by atoms with Crippen molar-refractivity contribution in [3.05, 3.63) is 42.3 Å². The summed E-state index contributed by atoms with van der Waals surface area (Å²) >= 11 is 0. The van der Waals surface area contributed by atoms with E-state index in [0.29, 0.717) is 0 Å². The molecule has 1 rings (SSSR count). The summed E-state index contributed by atoms with van der Waals surface area (Å²) in [7, 11) is 0. The number of rotatable bonds is 4. The van der Waals surface area contributed by atoms with E-state index in [-0.39, 0.29) is 0 Å². The van der Waals surface area contributed by atoms with Crippen molar-refractivity contribution in [3.8, 4) is 0 Å².